The highest BCUT2D eigenvalue weighted by atomic mass is 32.1. The first-order valence-corrected chi connectivity index (χ1v) is 17.1. The lowest BCUT2D eigenvalue weighted by atomic mass is 9.94. The molecule has 2 aromatic heterocycles. The fourth-order valence-corrected chi connectivity index (χ4v) is 9.64. The van der Waals surface area contributed by atoms with Crippen LogP contribution in [0.5, 0.6) is 5.75 Å². The zero-order chi connectivity index (χ0) is 29.4. The summed E-state index contributed by atoms with van der Waals surface area (Å²) in [6, 6.07) is 13.6. The number of anilines is 1. The minimum Gasteiger partial charge on any atom is -0.481 e. The number of aliphatic carboxylic acids is 1. The normalized spacial score (nSPS) is 14.6. The van der Waals surface area contributed by atoms with Gasteiger partial charge in [-0.25, -0.2) is 0 Å². The van der Waals surface area contributed by atoms with Crippen molar-refractivity contribution in [1.29, 1.82) is 0 Å². The Labute approximate surface area is 250 Å². The van der Waals surface area contributed by atoms with Crippen molar-refractivity contribution in [1.82, 2.24) is 0 Å². The van der Waals surface area contributed by atoms with E-state index in [0.29, 0.717) is 45.1 Å². The highest BCUT2D eigenvalue weighted by Gasteiger charge is 2.44. The summed E-state index contributed by atoms with van der Waals surface area (Å²) in [6.07, 6.45) is 0.580. The van der Waals surface area contributed by atoms with Crippen LogP contribution in [0, 0.1) is 11.8 Å². The van der Waals surface area contributed by atoms with E-state index < -0.39 is 20.7 Å². The molecule has 218 valence electrons. The highest BCUT2D eigenvalue weighted by Crippen LogP contribution is 2.38. The first-order valence-electron chi connectivity index (χ1n) is 13.8. The Morgan fingerprint density at radius 2 is 1.66 bits per heavy atom. The summed E-state index contributed by atoms with van der Waals surface area (Å²) >= 11 is 3.02. The molecule has 0 saturated carbocycles. The van der Waals surface area contributed by atoms with Crippen molar-refractivity contribution in [3.63, 3.8) is 0 Å². The van der Waals surface area contributed by atoms with Gasteiger partial charge in [0.2, 0.25) is 0 Å². The number of thiophene rings is 2. The number of carbonyl (C=O) groups is 2. The molecule has 0 spiro atoms. The van der Waals surface area contributed by atoms with Crippen molar-refractivity contribution in [2.24, 2.45) is 0 Å². The maximum absolute atomic E-state index is 13.0. The van der Waals surface area contributed by atoms with Crippen LogP contribution in [0.4, 0.5) is 5.69 Å². The van der Waals surface area contributed by atoms with Crippen LogP contribution in [-0.4, -0.2) is 58.8 Å². The number of carboxylic acid groups (broad SMARTS) is 1. The zero-order valence-electron chi connectivity index (χ0n) is 23.7. The number of hydrogen-bond donors (Lipinski definition) is 1. The Morgan fingerprint density at radius 1 is 1.00 bits per heavy atom. The van der Waals surface area contributed by atoms with Crippen molar-refractivity contribution in [3.8, 4) is 17.6 Å². The lowest BCUT2D eigenvalue weighted by Crippen LogP contribution is -2.55. The number of nitrogens with zero attached hydrogens (tertiary/aromatic N) is 1. The quantitative estimate of drug-likeness (QED) is 0.124. The second kappa shape index (κ2) is 14.3. The molecule has 4 rings (SSSR count). The van der Waals surface area contributed by atoms with Gasteiger partial charge < -0.3 is 28.0 Å². The number of rotatable bonds is 13. The van der Waals surface area contributed by atoms with Gasteiger partial charge in [0.1, 0.15) is 5.75 Å². The summed E-state index contributed by atoms with van der Waals surface area (Å²) in [6.45, 7) is 10.3. The third-order valence-electron chi connectivity index (χ3n) is 6.50. The third kappa shape index (κ3) is 7.46. The van der Waals surface area contributed by atoms with Crippen LogP contribution in [0.3, 0.4) is 0 Å². The molecule has 8 nitrogen and oxygen atoms in total. The minimum absolute atomic E-state index is 0.0420. The zero-order valence-corrected chi connectivity index (χ0v) is 26.4. The molecule has 3 heterocycles. The second-order valence-electron chi connectivity index (χ2n) is 9.16. The molecule has 11 heteroatoms. The van der Waals surface area contributed by atoms with Crippen LogP contribution < -0.4 is 14.1 Å². The van der Waals surface area contributed by atoms with Crippen LogP contribution in [-0.2, 0) is 29.3 Å². The van der Waals surface area contributed by atoms with Crippen molar-refractivity contribution < 1.29 is 32.7 Å². The highest BCUT2D eigenvalue weighted by molar-refractivity contribution is 7.24. The minimum atomic E-state index is -2.96. The molecular weight excluding hydrogens is 579 g/mol. The van der Waals surface area contributed by atoms with Gasteiger partial charge in [0.15, 0.2) is 0 Å². The van der Waals surface area contributed by atoms with E-state index in [1.165, 1.54) is 22.7 Å². The first-order chi connectivity index (χ1) is 19.8. The summed E-state index contributed by atoms with van der Waals surface area (Å²) < 4.78 is 24.7. The molecule has 1 unspecified atom stereocenters. The summed E-state index contributed by atoms with van der Waals surface area (Å²) in [7, 11) is -2.96. The van der Waals surface area contributed by atoms with E-state index in [2.05, 4.69) is 11.8 Å². The summed E-state index contributed by atoms with van der Waals surface area (Å²) in [4.78, 5) is 28.6. The molecule has 0 fully saturated rings. The van der Waals surface area contributed by atoms with E-state index in [1.807, 2.05) is 75.1 Å². The molecule has 41 heavy (non-hydrogen) atoms. The van der Waals surface area contributed by atoms with Crippen molar-refractivity contribution in [3.05, 3.63) is 62.7 Å². The van der Waals surface area contributed by atoms with Crippen molar-refractivity contribution in [2.45, 2.75) is 46.5 Å². The van der Waals surface area contributed by atoms with E-state index in [-0.39, 0.29) is 12.4 Å². The Balaban J connectivity index is 1.47. The number of benzene rings is 1. The number of carbonyl (C=O) groups excluding carboxylic acids is 1. The molecule has 0 bridgehead atoms. The van der Waals surface area contributed by atoms with Gasteiger partial charge in [-0.05, 0) is 81.9 Å². The van der Waals surface area contributed by atoms with Gasteiger partial charge >= 0.3 is 20.7 Å². The second-order valence-corrected chi connectivity index (χ2v) is 14.2. The van der Waals surface area contributed by atoms with E-state index in [4.69, 9.17) is 23.1 Å². The molecule has 1 N–H and O–H groups in total. The van der Waals surface area contributed by atoms with E-state index in [9.17, 15) is 9.59 Å². The molecule has 0 saturated heterocycles. The number of fused-ring (bicyclic) bond motifs is 1. The Kier molecular flexibility index (Phi) is 10.8. The molecular formula is C30H35NO7S2Si. The molecule has 0 amide bonds. The van der Waals surface area contributed by atoms with Gasteiger partial charge in [0.05, 0.1) is 26.6 Å². The van der Waals surface area contributed by atoms with E-state index in [1.54, 1.807) is 0 Å². The first kappa shape index (κ1) is 31.0. The number of ether oxygens (including phenoxy) is 1. The predicted octanol–water partition coefficient (Wildman–Crippen LogP) is 5.01. The topological polar surface area (TPSA) is 94.5 Å². The Bertz CT molecular complexity index is 1410. The van der Waals surface area contributed by atoms with E-state index >= 15 is 0 Å². The van der Waals surface area contributed by atoms with Gasteiger partial charge in [-0.1, -0.05) is 6.07 Å². The fraction of sp³-hybridized carbons (Fsp3) is 0.400. The SMILES string of the molecule is CCO[Si](OCC)(OCC)c1ccc(C#Cc2ccc(C3Cc4ccc(N(CC)CCC(=O)O)cc4OC3=O)s2)s1. The summed E-state index contributed by atoms with van der Waals surface area (Å²) in [5.74, 6) is 5.47. The van der Waals surface area contributed by atoms with Gasteiger partial charge in [0.25, 0.3) is 0 Å². The van der Waals surface area contributed by atoms with Crippen LogP contribution in [0.1, 0.15) is 60.2 Å². The maximum Gasteiger partial charge on any atom is 0.547 e. The fourth-order valence-electron chi connectivity index (χ4n) is 4.61. The average molecular weight is 614 g/mol. The largest absolute Gasteiger partial charge is 0.547 e. The molecule has 3 aromatic rings. The van der Waals surface area contributed by atoms with Gasteiger partial charge in [-0.2, -0.15) is 0 Å². The lowest BCUT2D eigenvalue weighted by molar-refractivity contribution is -0.137. The molecule has 1 aliphatic rings. The van der Waals surface area contributed by atoms with Crippen LogP contribution >= 0.6 is 22.7 Å². The van der Waals surface area contributed by atoms with E-state index in [0.717, 1.165) is 30.4 Å². The summed E-state index contributed by atoms with van der Waals surface area (Å²) in [5.41, 5.74) is 1.79. The standard InChI is InChI=1S/C30H35NO7S2Si/c1-5-31(18-17-28(32)33)22-10-9-21-19-25(30(34)38-26(21)20-22)27-15-13-23(39-27)11-12-24-14-16-29(40-24)41(35-6-2,36-7-3)37-8-4/h9-10,13-16,20,25H,5-8,17-19H2,1-4H3,(H,32,33). The Morgan fingerprint density at radius 3 is 2.29 bits per heavy atom. The number of carboxylic acids is 1. The monoisotopic (exact) mass is 613 g/mol. The molecule has 1 aromatic carbocycles. The third-order valence-corrected chi connectivity index (χ3v) is 12.3. The smallest absolute Gasteiger partial charge is 0.481 e. The molecule has 0 aliphatic carbocycles. The van der Waals surface area contributed by atoms with Crippen LogP contribution in [0.2, 0.25) is 0 Å². The van der Waals surface area contributed by atoms with Crippen LogP contribution in [0.25, 0.3) is 0 Å². The number of esters is 1. The number of hydrogen-bond acceptors (Lipinski definition) is 9. The molecule has 1 aliphatic heterocycles. The average Bonchev–Trinajstić information content (AvgIpc) is 3.62. The van der Waals surface area contributed by atoms with Crippen molar-refractivity contribution in [2.75, 3.05) is 37.8 Å². The molecule has 0 radical (unpaired) electrons. The van der Waals surface area contributed by atoms with Crippen molar-refractivity contribution >= 4 is 53.6 Å². The lowest BCUT2D eigenvalue weighted by Gasteiger charge is -2.27. The predicted molar refractivity (Wildman–Crippen MR) is 164 cm³/mol. The molecule has 1 atom stereocenters. The van der Waals surface area contributed by atoms with Gasteiger partial charge in [-0.3, -0.25) is 9.59 Å². The maximum atomic E-state index is 13.0. The Hall–Kier alpha value is -2.98. The van der Waals surface area contributed by atoms with Crippen LogP contribution in [0.15, 0.2) is 42.5 Å². The summed E-state index contributed by atoms with van der Waals surface area (Å²) in [5, 5.41) is 9.03. The van der Waals surface area contributed by atoms with Gasteiger partial charge in [-0.15, -0.1) is 22.7 Å². The van der Waals surface area contributed by atoms with Gasteiger partial charge in [0, 0.05) is 49.5 Å².